The Bertz CT molecular complexity index is 1200. The number of nitrogens with zero attached hydrogens (tertiary/aromatic N) is 2. The number of fused-ring (bicyclic) bond motifs is 1. The molecule has 11 heteroatoms. The molecule has 0 radical (unpaired) electrons. The Kier molecular flexibility index (Phi) is 9.67. The minimum absolute atomic E-state index is 0.0385. The molecule has 2 amide bonds. The van der Waals surface area contributed by atoms with Gasteiger partial charge >= 0.3 is 0 Å². The average molecular weight is 552 g/mol. The lowest BCUT2D eigenvalue weighted by atomic mass is 10.1. The summed E-state index contributed by atoms with van der Waals surface area (Å²) >= 11 is 6.03. The molecule has 1 aliphatic rings. The van der Waals surface area contributed by atoms with Gasteiger partial charge < -0.3 is 19.7 Å². The second-order valence-corrected chi connectivity index (χ2v) is 11.8. The first-order valence-corrected chi connectivity index (χ1v) is 14.3. The second kappa shape index (κ2) is 12.5. The van der Waals surface area contributed by atoms with Crippen LogP contribution in [0.2, 0.25) is 5.02 Å². The molecule has 1 N–H and O–H groups in total. The number of amides is 2. The largest absolute Gasteiger partial charge is 0.454 e. The number of ether oxygens (including phenoxy) is 2. The van der Waals surface area contributed by atoms with E-state index in [0.29, 0.717) is 29.5 Å². The van der Waals surface area contributed by atoms with Crippen LogP contribution in [0.4, 0.5) is 5.69 Å². The molecule has 3 rings (SSSR count). The Morgan fingerprint density at radius 1 is 1.05 bits per heavy atom. The highest BCUT2D eigenvalue weighted by molar-refractivity contribution is 7.92. The molecule has 2 aromatic carbocycles. The Labute approximate surface area is 223 Å². The molecule has 1 aliphatic heterocycles. The van der Waals surface area contributed by atoms with Gasteiger partial charge in [-0.25, -0.2) is 8.42 Å². The number of carbonyl (C=O) groups is 2. The van der Waals surface area contributed by atoms with E-state index in [9.17, 15) is 18.0 Å². The summed E-state index contributed by atoms with van der Waals surface area (Å²) in [5.41, 5.74) is 1.05. The lowest BCUT2D eigenvalue weighted by Crippen LogP contribution is -2.52. The fourth-order valence-corrected chi connectivity index (χ4v) is 5.07. The van der Waals surface area contributed by atoms with Crippen molar-refractivity contribution in [2.24, 2.45) is 5.92 Å². The van der Waals surface area contributed by atoms with Crippen molar-refractivity contribution in [2.75, 3.05) is 29.9 Å². The molecule has 0 saturated carbocycles. The number of benzene rings is 2. The molecule has 37 heavy (non-hydrogen) atoms. The van der Waals surface area contributed by atoms with Gasteiger partial charge in [0.25, 0.3) is 0 Å². The van der Waals surface area contributed by atoms with Crippen molar-refractivity contribution in [3.8, 4) is 11.5 Å². The van der Waals surface area contributed by atoms with E-state index in [1.54, 1.807) is 42.5 Å². The van der Waals surface area contributed by atoms with E-state index in [2.05, 4.69) is 5.32 Å². The van der Waals surface area contributed by atoms with Gasteiger partial charge in [0.1, 0.15) is 12.6 Å². The van der Waals surface area contributed by atoms with Gasteiger partial charge in [-0.1, -0.05) is 44.5 Å². The third-order valence-corrected chi connectivity index (χ3v) is 7.95. The van der Waals surface area contributed by atoms with E-state index in [1.807, 2.05) is 20.8 Å². The number of nitrogens with one attached hydrogen (secondary N) is 1. The SMILES string of the molecule is CCC(C(=O)NCC(C)C)N(Cc1ccc(Cl)cc1)C(=O)CN(c1ccc2c(c1)OCO2)S(=O)(=O)CC. The number of carbonyl (C=O) groups excluding carboxylic acids is 2. The van der Waals surface area contributed by atoms with Crippen LogP contribution in [0, 0.1) is 5.92 Å². The van der Waals surface area contributed by atoms with Crippen molar-refractivity contribution in [2.45, 2.75) is 46.7 Å². The van der Waals surface area contributed by atoms with Crippen LogP contribution >= 0.6 is 11.6 Å². The summed E-state index contributed by atoms with van der Waals surface area (Å²) in [5, 5.41) is 3.45. The summed E-state index contributed by atoms with van der Waals surface area (Å²) in [6.07, 6.45) is 0.355. The van der Waals surface area contributed by atoms with Crippen LogP contribution in [0.15, 0.2) is 42.5 Å². The Morgan fingerprint density at radius 2 is 1.73 bits per heavy atom. The number of halogens is 1. The molecule has 202 valence electrons. The standard InChI is InChI=1S/C26H34ClN3O6S/c1-5-22(26(32)28-14-18(3)4)29(15-19-7-9-20(27)10-8-19)25(31)16-30(37(33,34)6-2)21-11-12-23-24(13-21)36-17-35-23/h7-13,18,22H,5-6,14-17H2,1-4H3,(H,28,32). The van der Waals surface area contributed by atoms with Crippen LogP contribution < -0.4 is 19.1 Å². The van der Waals surface area contributed by atoms with Crippen LogP contribution in [-0.4, -0.2) is 56.8 Å². The topological polar surface area (TPSA) is 105 Å². The maximum atomic E-state index is 13.8. The molecular formula is C26H34ClN3O6S. The molecular weight excluding hydrogens is 518 g/mol. The van der Waals surface area contributed by atoms with Gasteiger partial charge in [-0.05, 0) is 49.1 Å². The lowest BCUT2D eigenvalue weighted by molar-refractivity contribution is -0.140. The summed E-state index contributed by atoms with van der Waals surface area (Å²) in [5.74, 6) is 0.138. The summed E-state index contributed by atoms with van der Waals surface area (Å²) in [7, 11) is -3.84. The Morgan fingerprint density at radius 3 is 2.35 bits per heavy atom. The minimum atomic E-state index is -3.84. The first-order chi connectivity index (χ1) is 17.6. The highest BCUT2D eigenvalue weighted by Gasteiger charge is 2.33. The monoisotopic (exact) mass is 551 g/mol. The van der Waals surface area contributed by atoms with E-state index >= 15 is 0 Å². The number of sulfonamides is 1. The smallest absolute Gasteiger partial charge is 0.244 e. The van der Waals surface area contributed by atoms with Crippen LogP contribution in [0.1, 0.15) is 39.7 Å². The zero-order chi connectivity index (χ0) is 27.2. The minimum Gasteiger partial charge on any atom is -0.454 e. The van der Waals surface area contributed by atoms with Crippen molar-refractivity contribution < 1.29 is 27.5 Å². The quantitative estimate of drug-likeness (QED) is 0.430. The van der Waals surface area contributed by atoms with Crippen molar-refractivity contribution in [3.63, 3.8) is 0 Å². The van der Waals surface area contributed by atoms with Crippen molar-refractivity contribution in [1.29, 1.82) is 0 Å². The molecule has 1 heterocycles. The number of hydrogen-bond donors (Lipinski definition) is 1. The number of anilines is 1. The fourth-order valence-electron chi connectivity index (χ4n) is 3.89. The number of rotatable bonds is 12. The first-order valence-electron chi connectivity index (χ1n) is 12.3. The molecule has 2 aromatic rings. The maximum Gasteiger partial charge on any atom is 0.244 e. The van der Waals surface area contributed by atoms with Gasteiger partial charge in [0, 0.05) is 24.2 Å². The van der Waals surface area contributed by atoms with Crippen LogP contribution in [0.3, 0.4) is 0 Å². The molecule has 0 fully saturated rings. The zero-order valence-electron chi connectivity index (χ0n) is 21.6. The molecule has 0 saturated heterocycles. The maximum absolute atomic E-state index is 13.8. The summed E-state index contributed by atoms with van der Waals surface area (Å²) < 4.78 is 38.0. The Balaban J connectivity index is 1.95. The third-order valence-electron chi connectivity index (χ3n) is 5.96. The van der Waals surface area contributed by atoms with Crippen molar-refractivity contribution in [3.05, 3.63) is 53.1 Å². The molecule has 1 unspecified atom stereocenters. The van der Waals surface area contributed by atoms with Crippen LogP contribution in [0.5, 0.6) is 11.5 Å². The van der Waals surface area contributed by atoms with Crippen LogP contribution in [-0.2, 0) is 26.2 Å². The first kappa shape index (κ1) is 28.6. The highest BCUT2D eigenvalue weighted by atomic mass is 35.5. The molecule has 0 spiro atoms. The molecule has 0 aliphatic carbocycles. The predicted molar refractivity (Wildman–Crippen MR) is 143 cm³/mol. The van der Waals surface area contributed by atoms with E-state index < -0.39 is 28.5 Å². The average Bonchev–Trinajstić information content (AvgIpc) is 3.34. The van der Waals surface area contributed by atoms with Gasteiger partial charge in [-0.2, -0.15) is 0 Å². The van der Waals surface area contributed by atoms with Crippen molar-refractivity contribution >= 4 is 39.1 Å². The second-order valence-electron chi connectivity index (χ2n) is 9.16. The zero-order valence-corrected chi connectivity index (χ0v) is 23.1. The van der Waals surface area contributed by atoms with Gasteiger partial charge in [0.15, 0.2) is 11.5 Å². The molecule has 9 nitrogen and oxygen atoms in total. The summed E-state index contributed by atoms with van der Waals surface area (Å²) in [6, 6.07) is 10.9. The van der Waals surface area contributed by atoms with Gasteiger partial charge in [-0.15, -0.1) is 0 Å². The van der Waals surface area contributed by atoms with Crippen LogP contribution in [0.25, 0.3) is 0 Å². The molecule has 1 atom stereocenters. The fraction of sp³-hybridized carbons (Fsp3) is 0.462. The van der Waals surface area contributed by atoms with E-state index in [0.717, 1.165) is 9.87 Å². The normalized spacial score (nSPS) is 13.4. The van der Waals surface area contributed by atoms with E-state index in [4.69, 9.17) is 21.1 Å². The van der Waals surface area contributed by atoms with E-state index in [1.165, 1.54) is 11.8 Å². The van der Waals surface area contributed by atoms with Gasteiger partial charge in [0.05, 0.1) is 11.4 Å². The third kappa shape index (κ3) is 7.29. The van der Waals surface area contributed by atoms with Gasteiger partial charge in [0.2, 0.25) is 28.6 Å². The Hall–Kier alpha value is -2.98. The van der Waals surface area contributed by atoms with E-state index in [-0.39, 0.29) is 36.6 Å². The summed E-state index contributed by atoms with van der Waals surface area (Å²) in [6.45, 7) is 7.44. The predicted octanol–water partition coefficient (Wildman–Crippen LogP) is 3.80. The highest BCUT2D eigenvalue weighted by Crippen LogP contribution is 2.36. The molecule has 0 bridgehead atoms. The lowest BCUT2D eigenvalue weighted by Gasteiger charge is -2.33. The number of hydrogen-bond acceptors (Lipinski definition) is 6. The van der Waals surface area contributed by atoms with Crippen molar-refractivity contribution in [1.82, 2.24) is 10.2 Å². The molecule has 0 aromatic heterocycles. The van der Waals surface area contributed by atoms with Gasteiger partial charge in [-0.3, -0.25) is 13.9 Å². The summed E-state index contributed by atoms with van der Waals surface area (Å²) in [4.78, 5) is 28.3.